The van der Waals surface area contributed by atoms with Crippen LogP contribution >= 0.6 is 11.8 Å². The van der Waals surface area contributed by atoms with Crippen molar-refractivity contribution in [3.05, 3.63) is 71.4 Å². The lowest BCUT2D eigenvalue weighted by Gasteiger charge is -2.12. The Balaban J connectivity index is 1.36. The maximum absolute atomic E-state index is 12.7. The Kier molecular flexibility index (Phi) is 6.99. The number of pyridine rings is 1. The van der Waals surface area contributed by atoms with E-state index in [1.807, 2.05) is 25.1 Å². The minimum atomic E-state index is -0.523. The van der Waals surface area contributed by atoms with Crippen LogP contribution in [0.3, 0.4) is 0 Å². The molecule has 1 aromatic heterocycles. The number of nitrogens with zero attached hydrogens (tertiary/aromatic N) is 1. The van der Waals surface area contributed by atoms with E-state index in [1.165, 1.54) is 0 Å². The molecule has 0 unspecified atom stereocenters. The second-order valence-electron chi connectivity index (χ2n) is 7.15. The van der Waals surface area contributed by atoms with Gasteiger partial charge in [0.2, 0.25) is 12.7 Å². The molecule has 9 heteroatoms. The van der Waals surface area contributed by atoms with Crippen molar-refractivity contribution in [2.24, 2.45) is 0 Å². The standard InChI is InChI=1S/C24H22N2O6S/c1-15-5-7-19(29-2)16(10-15)12-30-24(28)18-4-3-9-25-23(18)33-13-22(27)26-17-6-8-20-21(11-17)32-14-31-20/h3-11H,12-14H2,1-2H3,(H,26,27). The third kappa shape index (κ3) is 5.56. The number of aromatic nitrogens is 1. The van der Waals surface area contributed by atoms with Crippen LogP contribution < -0.4 is 19.5 Å². The number of rotatable bonds is 8. The highest BCUT2D eigenvalue weighted by molar-refractivity contribution is 8.00. The molecule has 0 fully saturated rings. The summed E-state index contributed by atoms with van der Waals surface area (Å²) >= 11 is 1.16. The van der Waals surface area contributed by atoms with Gasteiger partial charge in [-0.2, -0.15) is 0 Å². The van der Waals surface area contributed by atoms with Crippen LogP contribution in [0.25, 0.3) is 0 Å². The van der Waals surface area contributed by atoms with Gasteiger partial charge in [-0.25, -0.2) is 9.78 Å². The SMILES string of the molecule is COc1ccc(C)cc1COC(=O)c1cccnc1SCC(=O)Nc1ccc2c(c1)OCO2. The topological polar surface area (TPSA) is 96.0 Å². The minimum absolute atomic E-state index is 0.0628. The molecule has 0 saturated heterocycles. The molecule has 0 saturated carbocycles. The molecule has 1 N–H and O–H groups in total. The van der Waals surface area contributed by atoms with E-state index in [0.717, 1.165) is 22.9 Å². The van der Waals surface area contributed by atoms with Gasteiger partial charge in [0.15, 0.2) is 11.5 Å². The van der Waals surface area contributed by atoms with Gasteiger partial charge in [-0.1, -0.05) is 23.4 Å². The number of esters is 1. The van der Waals surface area contributed by atoms with Crippen LogP contribution in [0.5, 0.6) is 17.2 Å². The third-order valence-corrected chi connectivity index (χ3v) is 5.79. The molecule has 0 spiro atoms. The lowest BCUT2D eigenvalue weighted by Crippen LogP contribution is -2.15. The maximum Gasteiger partial charge on any atom is 0.341 e. The number of anilines is 1. The van der Waals surface area contributed by atoms with E-state index in [-0.39, 0.29) is 25.1 Å². The molecule has 170 valence electrons. The highest BCUT2D eigenvalue weighted by Gasteiger charge is 2.18. The van der Waals surface area contributed by atoms with E-state index >= 15 is 0 Å². The van der Waals surface area contributed by atoms with Gasteiger partial charge in [0.1, 0.15) is 17.4 Å². The lowest BCUT2D eigenvalue weighted by molar-refractivity contribution is -0.113. The molecule has 1 amide bonds. The van der Waals surface area contributed by atoms with E-state index in [0.29, 0.717) is 33.5 Å². The van der Waals surface area contributed by atoms with Gasteiger partial charge >= 0.3 is 5.97 Å². The summed E-state index contributed by atoms with van der Waals surface area (Å²) in [7, 11) is 1.57. The van der Waals surface area contributed by atoms with E-state index < -0.39 is 5.97 Å². The monoisotopic (exact) mass is 466 g/mol. The van der Waals surface area contributed by atoms with Crippen LogP contribution in [0, 0.1) is 6.92 Å². The van der Waals surface area contributed by atoms with Gasteiger partial charge in [0.05, 0.1) is 18.4 Å². The Hall–Kier alpha value is -3.72. The normalized spacial score (nSPS) is 11.7. The number of methoxy groups -OCH3 is 1. The average Bonchev–Trinajstić information content (AvgIpc) is 3.29. The molecule has 33 heavy (non-hydrogen) atoms. The number of aryl methyl sites for hydroxylation is 1. The van der Waals surface area contributed by atoms with Crippen LogP contribution in [0.1, 0.15) is 21.5 Å². The number of nitrogens with one attached hydrogen (secondary N) is 1. The molecule has 4 rings (SSSR count). The fourth-order valence-electron chi connectivity index (χ4n) is 3.21. The molecule has 2 aromatic carbocycles. The lowest BCUT2D eigenvalue weighted by atomic mass is 10.1. The molecule has 0 radical (unpaired) electrons. The summed E-state index contributed by atoms with van der Waals surface area (Å²) in [5.41, 5.74) is 2.70. The summed E-state index contributed by atoms with van der Waals surface area (Å²) in [6.07, 6.45) is 1.57. The molecule has 8 nitrogen and oxygen atoms in total. The molecule has 3 aromatic rings. The van der Waals surface area contributed by atoms with Crippen molar-refractivity contribution in [1.29, 1.82) is 0 Å². The number of carbonyl (C=O) groups is 2. The van der Waals surface area contributed by atoms with E-state index in [1.54, 1.807) is 43.6 Å². The van der Waals surface area contributed by atoms with Gasteiger partial charge < -0.3 is 24.3 Å². The highest BCUT2D eigenvalue weighted by Crippen LogP contribution is 2.34. The van der Waals surface area contributed by atoms with Gasteiger partial charge in [0.25, 0.3) is 0 Å². The Morgan fingerprint density at radius 3 is 2.82 bits per heavy atom. The Bertz CT molecular complexity index is 1180. The van der Waals surface area contributed by atoms with Gasteiger partial charge in [0, 0.05) is 23.5 Å². The zero-order valence-corrected chi connectivity index (χ0v) is 18.9. The van der Waals surface area contributed by atoms with Gasteiger partial charge in [-0.15, -0.1) is 0 Å². The van der Waals surface area contributed by atoms with Crippen molar-refractivity contribution in [2.45, 2.75) is 18.6 Å². The average molecular weight is 467 g/mol. The molecule has 2 heterocycles. The first kappa shape index (κ1) is 22.5. The number of carbonyl (C=O) groups excluding carboxylic acids is 2. The molecule has 1 aliphatic rings. The molecular weight excluding hydrogens is 444 g/mol. The molecule has 0 atom stereocenters. The third-order valence-electron chi connectivity index (χ3n) is 4.78. The molecule has 1 aliphatic heterocycles. The number of hydrogen-bond donors (Lipinski definition) is 1. The summed E-state index contributed by atoms with van der Waals surface area (Å²) in [5, 5.41) is 3.22. The summed E-state index contributed by atoms with van der Waals surface area (Å²) in [6, 6.07) is 14.1. The zero-order valence-electron chi connectivity index (χ0n) is 18.1. The summed E-state index contributed by atoms with van der Waals surface area (Å²) in [5.74, 6) is 1.17. The summed E-state index contributed by atoms with van der Waals surface area (Å²) in [6.45, 7) is 2.18. The summed E-state index contributed by atoms with van der Waals surface area (Å²) < 4.78 is 21.4. The van der Waals surface area contributed by atoms with Gasteiger partial charge in [-0.3, -0.25) is 4.79 Å². The van der Waals surface area contributed by atoms with Crippen molar-refractivity contribution in [1.82, 2.24) is 4.98 Å². The van der Waals surface area contributed by atoms with Gasteiger partial charge in [-0.05, 0) is 43.3 Å². The van der Waals surface area contributed by atoms with Crippen molar-refractivity contribution < 1.29 is 28.5 Å². The first-order chi connectivity index (χ1) is 16.0. The van der Waals surface area contributed by atoms with E-state index in [2.05, 4.69) is 10.3 Å². The molecule has 0 bridgehead atoms. The van der Waals surface area contributed by atoms with Crippen molar-refractivity contribution in [3.8, 4) is 17.2 Å². The van der Waals surface area contributed by atoms with Crippen LogP contribution in [0.2, 0.25) is 0 Å². The second kappa shape index (κ2) is 10.3. The minimum Gasteiger partial charge on any atom is -0.496 e. The van der Waals surface area contributed by atoms with Crippen molar-refractivity contribution in [2.75, 3.05) is 25.0 Å². The van der Waals surface area contributed by atoms with Crippen molar-refractivity contribution in [3.63, 3.8) is 0 Å². The highest BCUT2D eigenvalue weighted by atomic mass is 32.2. The fraction of sp³-hybridized carbons (Fsp3) is 0.208. The first-order valence-corrected chi connectivity index (χ1v) is 11.1. The van der Waals surface area contributed by atoms with Crippen molar-refractivity contribution >= 4 is 29.3 Å². The summed E-state index contributed by atoms with van der Waals surface area (Å²) in [4.78, 5) is 29.4. The molecule has 0 aliphatic carbocycles. The van der Waals surface area contributed by atoms with Crippen LogP contribution in [-0.2, 0) is 16.1 Å². The van der Waals surface area contributed by atoms with Crippen LogP contribution in [0.4, 0.5) is 5.69 Å². The first-order valence-electron chi connectivity index (χ1n) is 10.1. The predicted octanol–water partition coefficient (Wildman–Crippen LogP) is 4.22. The fourth-order valence-corrected chi connectivity index (χ4v) is 3.99. The number of hydrogen-bond acceptors (Lipinski definition) is 8. The number of benzene rings is 2. The predicted molar refractivity (Wildman–Crippen MR) is 123 cm³/mol. The smallest absolute Gasteiger partial charge is 0.341 e. The van der Waals surface area contributed by atoms with E-state index in [9.17, 15) is 9.59 Å². The quantitative estimate of drug-likeness (QED) is 0.390. The Morgan fingerprint density at radius 1 is 1.12 bits per heavy atom. The Labute approximate surface area is 195 Å². The zero-order chi connectivity index (χ0) is 23.2. The number of amides is 1. The largest absolute Gasteiger partial charge is 0.496 e. The Morgan fingerprint density at radius 2 is 1.97 bits per heavy atom. The van der Waals surface area contributed by atoms with Crippen LogP contribution in [-0.4, -0.2) is 36.5 Å². The second-order valence-corrected chi connectivity index (χ2v) is 8.12. The molecular formula is C24H22N2O6S. The number of ether oxygens (including phenoxy) is 4. The van der Waals surface area contributed by atoms with E-state index in [4.69, 9.17) is 18.9 Å². The number of thioether (sulfide) groups is 1. The van der Waals surface area contributed by atoms with Crippen LogP contribution in [0.15, 0.2) is 59.8 Å². The number of fused-ring (bicyclic) bond motifs is 1. The maximum atomic E-state index is 12.7.